The summed E-state index contributed by atoms with van der Waals surface area (Å²) in [6.45, 7) is 10.2. The molecule has 21 heavy (non-hydrogen) atoms. The van der Waals surface area contributed by atoms with Crippen molar-refractivity contribution in [3.05, 3.63) is 57.2 Å². The summed E-state index contributed by atoms with van der Waals surface area (Å²) in [5.74, 6) is 1.26. The van der Waals surface area contributed by atoms with E-state index in [0.29, 0.717) is 5.92 Å². The smallest absolute Gasteiger partial charge is 0.269 e. The average molecular weight is 287 g/mol. The second-order valence-electron chi connectivity index (χ2n) is 6.18. The van der Waals surface area contributed by atoms with E-state index in [1.165, 1.54) is 6.07 Å². The maximum atomic E-state index is 11.0. The number of nitro groups is 1. The molecule has 112 valence electrons. The molecule has 0 saturated heterocycles. The zero-order valence-corrected chi connectivity index (χ0v) is 13.1. The summed E-state index contributed by atoms with van der Waals surface area (Å²) in [5.41, 5.74) is 2.56. The minimum Gasteiger partial charge on any atom is -0.346 e. The molecule has 2 aromatic rings. The van der Waals surface area contributed by atoms with E-state index in [2.05, 4.69) is 18.8 Å². The molecule has 0 saturated carbocycles. The summed E-state index contributed by atoms with van der Waals surface area (Å²) in [4.78, 5) is 18.6. The van der Waals surface area contributed by atoms with Crippen molar-refractivity contribution in [2.24, 2.45) is 0 Å². The third-order valence-corrected chi connectivity index (χ3v) is 3.82. The monoisotopic (exact) mass is 287 g/mol. The minimum atomic E-state index is -0.389. The number of hydrogen-bond acceptors (Lipinski definition) is 3. The molecule has 0 aliphatic heterocycles. The van der Waals surface area contributed by atoms with Gasteiger partial charge in [-0.05, 0) is 12.5 Å². The van der Waals surface area contributed by atoms with Crippen LogP contribution in [0.25, 0.3) is 0 Å². The molecule has 0 bridgehead atoms. The third kappa shape index (κ3) is 2.82. The summed E-state index contributed by atoms with van der Waals surface area (Å²) in [5, 5.41) is 11.0. The topological polar surface area (TPSA) is 71.8 Å². The first-order chi connectivity index (χ1) is 9.73. The van der Waals surface area contributed by atoms with Gasteiger partial charge in [-0.1, -0.05) is 39.8 Å². The Labute approximate surface area is 124 Å². The van der Waals surface area contributed by atoms with Gasteiger partial charge in [0.2, 0.25) is 0 Å². The van der Waals surface area contributed by atoms with E-state index in [4.69, 9.17) is 4.98 Å². The van der Waals surface area contributed by atoms with Crippen LogP contribution in [0.1, 0.15) is 56.4 Å². The van der Waals surface area contributed by atoms with Gasteiger partial charge in [-0.2, -0.15) is 0 Å². The molecule has 1 aromatic heterocycles. The fraction of sp³-hybridized carbons (Fsp3) is 0.438. The Hall–Kier alpha value is -2.17. The van der Waals surface area contributed by atoms with Crippen LogP contribution in [-0.2, 0) is 5.41 Å². The Morgan fingerprint density at radius 2 is 2.00 bits per heavy atom. The zero-order chi connectivity index (χ0) is 15.8. The van der Waals surface area contributed by atoms with Gasteiger partial charge in [0.1, 0.15) is 5.82 Å². The lowest BCUT2D eigenvalue weighted by molar-refractivity contribution is -0.384. The molecule has 1 aromatic carbocycles. The van der Waals surface area contributed by atoms with Crippen molar-refractivity contribution in [1.82, 2.24) is 9.97 Å². The molecular formula is C16H21N3O2. The quantitative estimate of drug-likeness (QED) is 0.680. The normalized spacial score (nSPS) is 11.9. The second-order valence-corrected chi connectivity index (χ2v) is 6.18. The van der Waals surface area contributed by atoms with Gasteiger partial charge in [0, 0.05) is 29.2 Å². The summed E-state index contributed by atoms with van der Waals surface area (Å²) in [6, 6.07) is 6.77. The van der Waals surface area contributed by atoms with Gasteiger partial charge >= 0.3 is 0 Å². The SMILES string of the molecule is Cc1[nH]c(C(C)C)nc1C(C)(C)c1cccc([N+](=O)[O-])c1. The number of rotatable bonds is 4. The lowest BCUT2D eigenvalue weighted by atomic mass is 9.80. The number of benzene rings is 1. The van der Waals surface area contributed by atoms with Gasteiger partial charge in [0.15, 0.2) is 0 Å². The highest BCUT2D eigenvalue weighted by Gasteiger charge is 2.29. The van der Waals surface area contributed by atoms with Crippen LogP contribution in [0, 0.1) is 17.0 Å². The lowest BCUT2D eigenvalue weighted by Gasteiger charge is -2.24. The van der Waals surface area contributed by atoms with Crippen LogP contribution < -0.4 is 0 Å². The van der Waals surface area contributed by atoms with Gasteiger partial charge in [0.25, 0.3) is 5.69 Å². The first-order valence-corrected chi connectivity index (χ1v) is 7.05. The van der Waals surface area contributed by atoms with Crippen LogP contribution in [-0.4, -0.2) is 14.9 Å². The molecule has 0 aliphatic carbocycles. The Morgan fingerprint density at radius 3 is 2.52 bits per heavy atom. The number of aromatic amines is 1. The van der Waals surface area contributed by atoms with E-state index >= 15 is 0 Å². The fourth-order valence-electron chi connectivity index (χ4n) is 2.51. The maximum absolute atomic E-state index is 11.0. The lowest BCUT2D eigenvalue weighted by Crippen LogP contribution is -2.21. The Bertz CT molecular complexity index is 672. The van der Waals surface area contributed by atoms with Crippen LogP contribution in [0.4, 0.5) is 5.69 Å². The number of H-pyrrole nitrogens is 1. The Balaban J connectivity index is 2.51. The van der Waals surface area contributed by atoms with Gasteiger partial charge in [-0.3, -0.25) is 10.1 Å². The Kier molecular flexibility index (Phi) is 3.85. The molecule has 0 aliphatic rings. The predicted octanol–water partition coefficient (Wildman–Crippen LogP) is 4.08. The molecule has 0 unspecified atom stereocenters. The van der Waals surface area contributed by atoms with Crippen LogP contribution in [0.5, 0.6) is 0 Å². The van der Waals surface area contributed by atoms with Crippen molar-refractivity contribution in [2.45, 2.75) is 46.0 Å². The molecule has 1 N–H and O–H groups in total. The summed E-state index contributed by atoms with van der Waals surface area (Å²) in [7, 11) is 0. The molecule has 1 heterocycles. The summed E-state index contributed by atoms with van der Waals surface area (Å²) in [6.07, 6.45) is 0. The van der Waals surface area contributed by atoms with E-state index in [-0.39, 0.29) is 16.0 Å². The van der Waals surface area contributed by atoms with Crippen molar-refractivity contribution in [1.29, 1.82) is 0 Å². The standard InChI is InChI=1S/C16H21N3O2/c1-10(2)15-17-11(3)14(18-15)16(4,5)12-7-6-8-13(9-12)19(20)21/h6-10H,1-5H3,(H,17,18). The number of non-ortho nitro benzene ring substituents is 1. The van der Waals surface area contributed by atoms with Gasteiger partial charge < -0.3 is 4.98 Å². The molecule has 5 nitrogen and oxygen atoms in total. The Morgan fingerprint density at radius 1 is 1.33 bits per heavy atom. The number of aromatic nitrogens is 2. The number of aryl methyl sites for hydroxylation is 1. The van der Waals surface area contributed by atoms with E-state index in [0.717, 1.165) is 22.8 Å². The molecule has 2 rings (SSSR count). The van der Waals surface area contributed by atoms with Crippen LogP contribution in [0.15, 0.2) is 24.3 Å². The number of nitrogens with zero attached hydrogens (tertiary/aromatic N) is 2. The van der Waals surface area contributed by atoms with E-state index < -0.39 is 0 Å². The van der Waals surface area contributed by atoms with Gasteiger partial charge in [-0.15, -0.1) is 0 Å². The fourth-order valence-corrected chi connectivity index (χ4v) is 2.51. The van der Waals surface area contributed by atoms with Crippen LogP contribution in [0.2, 0.25) is 0 Å². The summed E-state index contributed by atoms with van der Waals surface area (Å²) >= 11 is 0. The molecule has 0 radical (unpaired) electrons. The molecule has 0 spiro atoms. The second kappa shape index (κ2) is 5.31. The molecular weight excluding hydrogens is 266 g/mol. The average Bonchev–Trinajstić information content (AvgIpc) is 2.82. The van der Waals surface area contributed by atoms with E-state index in [1.807, 2.05) is 26.8 Å². The van der Waals surface area contributed by atoms with Gasteiger partial charge in [0.05, 0.1) is 10.6 Å². The predicted molar refractivity (Wildman–Crippen MR) is 82.6 cm³/mol. The first-order valence-electron chi connectivity index (χ1n) is 7.05. The number of nitrogens with one attached hydrogen (secondary N) is 1. The van der Waals surface area contributed by atoms with Gasteiger partial charge in [-0.25, -0.2) is 4.98 Å². The molecule has 0 amide bonds. The highest BCUT2D eigenvalue weighted by Crippen LogP contribution is 2.34. The zero-order valence-electron chi connectivity index (χ0n) is 13.1. The number of nitro benzene ring substituents is 1. The van der Waals surface area contributed by atoms with E-state index in [1.54, 1.807) is 12.1 Å². The minimum absolute atomic E-state index is 0.109. The number of imidazole rings is 1. The van der Waals surface area contributed by atoms with Crippen molar-refractivity contribution >= 4 is 5.69 Å². The largest absolute Gasteiger partial charge is 0.346 e. The molecule has 0 atom stereocenters. The highest BCUT2D eigenvalue weighted by atomic mass is 16.6. The molecule has 5 heteroatoms. The maximum Gasteiger partial charge on any atom is 0.269 e. The van der Waals surface area contributed by atoms with E-state index in [9.17, 15) is 10.1 Å². The molecule has 0 fully saturated rings. The van der Waals surface area contributed by atoms with Crippen molar-refractivity contribution < 1.29 is 4.92 Å². The van der Waals surface area contributed by atoms with Crippen molar-refractivity contribution in [3.63, 3.8) is 0 Å². The highest BCUT2D eigenvalue weighted by molar-refractivity contribution is 5.43. The summed E-state index contributed by atoms with van der Waals surface area (Å²) < 4.78 is 0. The third-order valence-electron chi connectivity index (χ3n) is 3.82. The number of hydrogen-bond donors (Lipinski definition) is 1. The van der Waals surface area contributed by atoms with Crippen molar-refractivity contribution in [2.75, 3.05) is 0 Å². The van der Waals surface area contributed by atoms with Crippen LogP contribution >= 0.6 is 0 Å². The first kappa shape index (κ1) is 15.2. The van der Waals surface area contributed by atoms with Crippen LogP contribution in [0.3, 0.4) is 0 Å². The van der Waals surface area contributed by atoms with Crippen molar-refractivity contribution in [3.8, 4) is 0 Å².